The fraction of sp³-hybridized carbons (Fsp3) is 0.500. The van der Waals surface area contributed by atoms with Crippen LogP contribution in [-0.4, -0.2) is 41.0 Å². The second-order valence-corrected chi connectivity index (χ2v) is 5.33. The summed E-state index contributed by atoms with van der Waals surface area (Å²) in [6.45, 7) is 5.65. The van der Waals surface area contributed by atoms with E-state index in [1.54, 1.807) is 40.2 Å². The summed E-state index contributed by atoms with van der Waals surface area (Å²) in [4.78, 5) is 28.7. The highest BCUT2D eigenvalue weighted by Gasteiger charge is 2.25. The van der Waals surface area contributed by atoms with Crippen LogP contribution in [0.5, 0.6) is 0 Å². The van der Waals surface area contributed by atoms with E-state index in [-0.39, 0.29) is 0 Å². The number of hydrogen-bond acceptors (Lipinski definition) is 4. The third-order valence-electron chi connectivity index (χ3n) is 2.41. The van der Waals surface area contributed by atoms with E-state index in [9.17, 15) is 9.59 Å². The molecule has 0 aromatic carbocycles. The number of pyridine rings is 1. The van der Waals surface area contributed by atoms with Crippen LogP contribution in [0.3, 0.4) is 0 Å². The maximum Gasteiger partial charge on any atom is 0.397 e. The number of nitrogens with zero attached hydrogens (tertiary/aromatic N) is 2. The Morgan fingerprint density at radius 2 is 1.84 bits per heavy atom. The Bertz CT molecular complexity index is 438. The lowest BCUT2D eigenvalue weighted by molar-refractivity contribution is -0.167. The molecule has 0 unspecified atom stereocenters. The Morgan fingerprint density at radius 1 is 1.26 bits per heavy atom. The van der Waals surface area contributed by atoms with Crippen LogP contribution in [0, 0.1) is 0 Å². The molecule has 0 aliphatic rings. The van der Waals surface area contributed by atoms with Gasteiger partial charge in [0.1, 0.15) is 5.60 Å². The lowest BCUT2D eigenvalue weighted by atomic mass is 10.2. The van der Waals surface area contributed by atoms with Crippen LogP contribution >= 0.6 is 0 Å². The molecule has 5 heteroatoms. The van der Waals surface area contributed by atoms with E-state index in [2.05, 4.69) is 4.98 Å². The Balaban J connectivity index is 2.47. The zero-order chi connectivity index (χ0) is 14.5. The number of amides is 1. The molecule has 1 aromatic heterocycles. The minimum absolute atomic E-state index is 0.460. The number of likely N-dealkylation sites (N-methyl/N-ethyl adjacent to an activating group) is 1. The van der Waals surface area contributed by atoms with Crippen molar-refractivity contribution in [1.82, 2.24) is 9.88 Å². The molecule has 1 rings (SSSR count). The smallest absolute Gasteiger partial charge is 0.397 e. The monoisotopic (exact) mass is 264 g/mol. The summed E-state index contributed by atoms with van der Waals surface area (Å²) in [5, 5.41) is 0. The average molecular weight is 264 g/mol. The standard InChI is InChI=1S/C14H20N2O3/c1-14(2,3)19-13(18)12(17)16(4)10-7-11-5-8-15-9-6-11/h5-6,8-9H,7,10H2,1-4H3. The molecule has 1 amide bonds. The Hall–Kier alpha value is -1.91. The second-order valence-electron chi connectivity index (χ2n) is 5.33. The molecule has 0 atom stereocenters. The Labute approximate surface area is 113 Å². The highest BCUT2D eigenvalue weighted by Crippen LogP contribution is 2.08. The number of esters is 1. The van der Waals surface area contributed by atoms with Gasteiger partial charge in [-0.05, 0) is 44.9 Å². The number of ether oxygens (including phenoxy) is 1. The lowest BCUT2D eigenvalue weighted by Gasteiger charge is -2.22. The van der Waals surface area contributed by atoms with Crippen LogP contribution in [0.2, 0.25) is 0 Å². The zero-order valence-corrected chi connectivity index (χ0v) is 11.8. The van der Waals surface area contributed by atoms with Crippen LogP contribution in [0.15, 0.2) is 24.5 Å². The maximum absolute atomic E-state index is 11.8. The van der Waals surface area contributed by atoms with Crippen LogP contribution < -0.4 is 0 Å². The molecule has 19 heavy (non-hydrogen) atoms. The molecule has 0 spiro atoms. The molecular formula is C14H20N2O3. The first-order valence-electron chi connectivity index (χ1n) is 6.17. The van der Waals surface area contributed by atoms with Gasteiger partial charge >= 0.3 is 11.9 Å². The molecule has 5 nitrogen and oxygen atoms in total. The summed E-state index contributed by atoms with van der Waals surface area (Å²) in [5.74, 6) is -1.44. The van der Waals surface area contributed by atoms with Crippen molar-refractivity contribution < 1.29 is 14.3 Å². The molecule has 1 aromatic rings. The summed E-state index contributed by atoms with van der Waals surface area (Å²) in [6, 6.07) is 3.76. The van der Waals surface area contributed by atoms with Gasteiger partial charge in [-0.2, -0.15) is 0 Å². The molecule has 0 saturated heterocycles. The third-order valence-corrected chi connectivity index (χ3v) is 2.41. The van der Waals surface area contributed by atoms with Crippen LogP contribution in [0.1, 0.15) is 26.3 Å². The van der Waals surface area contributed by atoms with Gasteiger partial charge in [-0.15, -0.1) is 0 Å². The van der Waals surface area contributed by atoms with Crippen molar-refractivity contribution in [3.63, 3.8) is 0 Å². The van der Waals surface area contributed by atoms with Crippen molar-refractivity contribution in [1.29, 1.82) is 0 Å². The van der Waals surface area contributed by atoms with Gasteiger partial charge in [0.25, 0.3) is 0 Å². The van der Waals surface area contributed by atoms with Crippen LogP contribution in [0.4, 0.5) is 0 Å². The number of aromatic nitrogens is 1. The number of carbonyl (C=O) groups is 2. The first kappa shape index (κ1) is 15.1. The molecule has 0 aliphatic heterocycles. The van der Waals surface area contributed by atoms with E-state index in [1.165, 1.54) is 4.90 Å². The van der Waals surface area contributed by atoms with Gasteiger partial charge in [0.15, 0.2) is 0 Å². The average Bonchev–Trinajstić information content (AvgIpc) is 2.34. The number of hydrogen-bond donors (Lipinski definition) is 0. The third kappa shape index (κ3) is 5.50. The second kappa shape index (κ2) is 6.31. The fourth-order valence-electron chi connectivity index (χ4n) is 1.43. The van der Waals surface area contributed by atoms with Gasteiger partial charge in [-0.1, -0.05) is 0 Å². The van der Waals surface area contributed by atoms with E-state index in [0.29, 0.717) is 13.0 Å². The number of carbonyl (C=O) groups excluding carboxylic acids is 2. The lowest BCUT2D eigenvalue weighted by Crippen LogP contribution is -2.39. The van der Waals surface area contributed by atoms with Crippen molar-refractivity contribution >= 4 is 11.9 Å². The first-order chi connectivity index (χ1) is 8.79. The SMILES string of the molecule is CN(CCc1ccncc1)C(=O)C(=O)OC(C)(C)C. The van der Waals surface area contributed by atoms with Gasteiger partial charge in [-0.3, -0.25) is 9.78 Å². The van der Waals surface area contributed by atoms with Crippen molar-refractivity contribution in [2.45, 2.75) is 32.8 Å². The van der Waals surface area contributed by atoms with E-state index < -0.39 is 17.5 Å². The van der Waals surface area contributed by atoms with Crippen LogP contribution in [-0.2, 0) is 20.7 Å². The minimum Gasteiger partial charge on any atom is -0.453 e. The van der Waals surface area contributed by atoms with E-state index in [4.69, 9.17) is 4.74 Å². The molecule has 0 bridgehead atoms. The van der Waals surface area contributed by atoms with Gasteiger partial charge in [0.2, 0.25) is 0 Å². The van der Waals surface area contributed by atoms with Crippen molar-refractivity contribution in [3.8, 4) is 0 Å². The summed E-state index contributed by atoms with van der Waals surface area (Å²) in [7, 11) is 1.59. The predicted molar refractivity (Wildman–Crippen MR) is 71.4 cm³/mol. The normalized spacial score (nSPS) is 10.9. The highest BCUT2D eigenvalue weighted by atomic mass is 16.6. The topological polar surface area (TPSA) is 59.5 Å². The maximum atomic E-state index is 11.8. The molecule has 104 valence electrons. The van der Waals surface area contributed by atoms with Gasteiger partial charge in [0, 0.05) is 26.0 Å². The van der Waals surface area contributed by atoms with Crippen molar-refractivity contribution in [3.05, 3.63) is 30.1 Å². The summed E-state index contributed by atoms with van der Waals surface area (Å²) in [5.41, 5.74) is 0.414. The highest BCUT2D eigenvalue weighted by molar-refractivity contribution is 6.32. The van der Waals surface area contributed by atoms with Gasteiger partial charge in [-0.25, -0.2) is 4.79 Å². The molecule has 0 N–H and O–H groups in total. The summed E-state index contributed by atoms with van der Waals surface area (Å²) >= 11 is 0. The largest absolute Gasteiger partial charge is 0.453 e. The molecule has 0 saturated carbocycles. The fourth-order valence-corrected chi connectivity index (χ4v) is 1.43. The molecule has 1 heterocycles. The predicted octanol–water partition coefficient (Wildman–Crippen LogP) is 1.42. The summed E-state index contributed by atoms with van der Waals surface area (Å²) in [6.07, 6.45) is 4.07. The number of rotatable bonds is 3. The Kier molecular flexibility index (Phi) is 5.03. The molecule has 0 aliphatic carbocycles. The minimum atomic E-state index is -0.815. The van der Waals surface area contributed by atoms with E-state index >= 15 is 0 Å². The Morgan fingerprint density at radius 3 is 2.37 bits per heavy atom. The van der Waals surface area contributed by atoms with Crippen molar-refractivity contribution in [2.75, 3.05) is 13.6 Å². The van der Waals surface area contributed by atoms with Crippen LogP contribution in [0.25, 0.3) is 0 Å². The zero-order valence-electron chi connectivity index (χ0n) is 11.8. The molecular weight excluding hydrogens is 244 g/mol. The van der Waals surface area contributed by atoms with Gasteiger partial charge in [0.05, 0.1) is 0 Å². The van der Waals surface area contributed by atoms with Gasteiger partial charge < -0.3 is 9.64 Å². The molecule has 0 fully saturated rings. The molecule has 0 radical (unpaired) electrons. The van der Waals surface area contributed by atoms with E-state index in [0.717, 1.165) is 5.56 Å². The quantitative estimate of drug-likeness (QED) is 0.612. The summed E-state index contributed by atoms with van der Waals surface area (Å²) < 4.78 is 5.03. The van der Waals surface area contributed by atoms with E-state index in [1.807, 2.05) is 12.1 Å². The van der Waals surface area contributed by atoms with Crippen molar-refractivity contribution in [2.24, 2.45) is 0 Å². The first-order valence-corrected chi connectivity index (χ1v) is 6.17.